The zero-order valence-electron chi connectivity index (χ0n) is 8.35. The van der Waals surface area contributed by atoms with Gasteiger partial charge in [-0.05, 0) is 22.9 Å². The Morgan fingerprint density at radius 2 is 1.18 bits per heavy atom. The zero-order valence-corrected chi connectivity index (χ0v) is 12.4. The standard InChI is InChI=1S/C12H4S5/c1-3-13-9-5(1)15-11-7(9)8-10-6(2-4-14-10)16-12(8)17-11/h1-4H. The Hall–Kier alpha value is -0.460. The second-order valence-corrected chi connectivity index (χ2v) is 9.33. The molecule has 0 amide bonds. The summed E-state index contributed by atoms with van der Waals surface area (Å²) in [6.07, 6.45) is 0. The number of fused-ring (bicyclic) bond motifs is 7. The monoisotopic (exact) mass is 308 g/mol. The summed E-state index contributed by atoms with van der Waals surface area (Å²) in [5.41, 5.74) is 0. The lowest BCUT2D eigenvalue weighted by atomic mass is 10.3. The quantitative estimate of drug-likeness (QED) is 0.302. The molecule has 0 spiro atoms. The van der Waals surface area contributed by atoms with Gasteiger partial charge < -0.3 is 0 Å². The van der Waals surface area contributed by atoms with E-state index in [1.54, 1.807) is 0 Å². The van der Waals surface area contributed by atoms with Crippen LogP contribution in [0.4, 0.5) is 0 Å². The molecule has 5 aromatic rings. The lowest BCUT2D eigenvalue weighted by molar-refractivity contribution is 2.26. The van der Waals surface area contributed by atoms with E-state index in [9.17, 15) is 0 Å². The molecule has 5 heteroatoms. The molecule has 5 heterocycles. The summed E-state index contributed by atoms with van der Waals surface area (Å²) in [4.78, 5) is 0. The topological polar surface area (TPSA) is 0 Å². The third-order valence-electron chi connectivity index (χ3n) is 2.96. The summed E-state index contributed by atoms with van der Waals surface area (Å²) in [6.45, 7) is 0. The molecule has 0 aliphatic rings. The van der Waals surface area contributed by atoms with Crippen molar-refractivity contribution in [2.24, 2.45) is 0 Å². The molecule has 0 bridgehead atoms. The van der Waals surface area contributed by atoms with Gasteiger partial charge in [-0.15, -0.1) is 56.7 Å². The van der Waals surface area contributed by atoms with Crippen LogP contribution in [-0.4, -0.2) is 0 Å². The Balaban J connectivity index is 2.24. The highest BCUT2D eigenvalue weighted by Gasteiger charge is 2.17. The lowest BCUT2D eigenvalue weighted by Crippen LogP contribution is -1.53. The van der Waals surface area contributed by atoms with Crippen molar-refractivity contribution in [3.8, 4) is 0 Å². The first-order chi connectivity index (χ1) is 8.42. The summed E-state index contributed by atoms with van der Waals surface area (Å²) in [7, 11) is 0. The van der Waals surface area contributed by atoms with E-state index in [-0.39, 0.29) is 0 Å². The summed E-state index contributed by atoms with van der Waals surface area (Å²) >= 11 is 9.64. The molecule has 0 aliphatic carbocycles. The van der Waals surface area contributed by atoms with Gasteiger partial charge in [0.2, 0.25) is 0 Å². The molecule has 0 N–H and O–H groups in total. The van der Waals surface area contributed by atoms with Crippen molar-refractivity contribution in [1.82, 2.24) is 0 Å². The molecule has 0 aromatic carbocycles. The van der Waals surface area contributed by atoms with Gasteiger partial charge in [0, 0.05) is 20.2 Å². The van der Waals surface area contributed by atoms with E-state index in [0.29, 0.717) is 0 Å². The minimum atomic E-state index is 1.45. The fourth-order valence-electron chi connectivity index (χ4n) is 2.27. The lowest BCUT2D eigenvalue weighted by Gasteiger charge is -1.81. The Morgan fingerprint density at radius 3 is 1.71 bits per heavy atom. The molecule has 5 rings (SSSR count). The van der Waals surface area contributed by atoms with Crippen LogP contribution < -0.4 is 0 Å². The molecule has 0 radical (unpaired) electrons. The van der Waals surface area contributed by atoms with Gasteiger partial charge in [-0.1, -0.05) is 0 Å². The van der Waals surface area contributed by atoms with Crippen molar-refractivity contribution in [3.05, 3.63) is 22.9 Å². The van der Waals surface area contributed by atoms with E-state index in [4.69, 9.17) is 0 Å². The van der Waals surface area contributed by atoms with Crippen molar-refractivity contribution < 1.29 is 0 Å². The van der Waals surface area contributed by atoms with Crippen LogP contribution in [0.25, 0.3) is 37.6 Å². The number of rotatable bonds is 0. The SMILES string of the molecule is c1cc2sc3sc4sc5ccsc5c4c3c2s1. The minimum absolute atomic E-state index is 1.45. The zero-order chi connectivity index (χ0) is 11.0. The second kappa shape index (κ2) is 3.10. The Morgan fingerprint density at radius 1 is 0.647 bits per heavy atom. The van der Waals surface area contributed by atoms with E-state index < -0.39 is 0 Å². The van der Waals surface area contributed by atoms with Crippen LogP contribution in [-0.2, 0) is 0 Å². The van der Waals surface area contributed by atoms with Crippen LogP contribution in [0, 0.1) is 0 Å². The molecule has 0 saturated heterocycles. The van der Waals surface area contributed by atoms with Crippen LogP contribution in [0.5, 0.6) is 0 Å². The first-order valence-corrected chi connectivity index (χ1v) is 9.31. The fraction of sp³-hybridized carbons (Fsp3) is 0. The number of thiophene rings is 5. The fourth-order valence-corrected chi connectivity index (χ4v) is 8.91. The molecule has 0 unspecified atom stereocenters. The Labute approximate surface area is 116 Å². The number of hydrogen-bond acceptors (Lipinski definition) is 5. The maximum absolute atomic E-state index is 2.25. The van der Waals surface area contributed by atoms with E-state index in [2.05, 4.69) is 22.9 Å². The van der Waals surface area contributed by atoms with Gasteiger partial charge in [0.05, 0.1) is 17.4 Å². The predicted octanol–water partition coefficient (Wildman–Crippen LogP) is 6.61. The molecule has 82 valence electrons. The van der Waals surface area contributed by atoms with Crippen molar-refractivity contribution in [3.63, 3.8) is 0 Å². The van der Waals surface area contributed by atoms with Crippen LogP contribution >= 0.6 is 56.7 Å². The minimum Gasteiger partial charge on any atom is -0.142 e. The normalized spacial score (nSPS) is 12.7. The maximum atomic E-state index is 2.25. The predicted molar refractivity (Wildman–Crippen MR) is 85.9 cm³/mol. The highest BCUT2D eigenvalue weighted by atomic mass is 32.2. The molecule has 0 saturated carbocycles. The molecule has 17 heavy (non-hydrogen) atoms. The van der Waals surface area contributed by atoms with Crippen LogP contribution in [0.1, 0.15) is 0 Å². The van der Waals surface area contributed by atoms with Crippen molar-refractivity contribution >= 4 is 94.3 Å². The highest BCUT2D eigenvalue weighted by Crippen LogP contribution is 2.52. The molecule has 0 nitrogen and oxygen atoms in total. The van der Waals surface area contributed by atoms with Crippen molar-refractivity contribution in [2.75, 3.05) is 0 Å². The van der Waals surface area contributed by atoms with E-state index >= 15 is 0 Å². The van der Waals surface area contributed by atoms with Crippen molar-refractivity contribution in [1.29, 1.82) is 0 Å². The van der Waals surface area contributed by atoms with Gasteiger partial charge in [-0.3, -0.25) is 0 Å². The molecular weight excluding hydrogens is 304 g/mol. The van der Waals surface area contributed by atoms with Gasteiger partial charge in [-0.2, -0.15) is 0 Å². The molecule has 0 aliphatic heterocycles. The average Bonchev–Trinajstić information content (AvgIpc) is 2.95. The van der Waals surface area contributed by atoms with Gasteiger partial charge in [0.1, 0.15) is 0 Å². The van der Waals surface area contributed by atoms with E-state index in [0.717, 1.165) is 0 Å². The first kappa shape index (κ1) is 9.47. The van der Waals surface area contributed by atoms with Gasteiger partial charge in [-0.25, -0.2) is 0 Å². The summed E-state index contributed by atoms with van der Waals surface area (Å²) in [5, 5.41) is 7.46. The van der Waals surface area contributed by atoms with E-state index in [1.165, 1.54) is 37.6 Å². The summed E-state index contributed by atoms with van der Waals surface area (Å²) < 4.78 is 8.89. The highest BCUT2D eigenvalue weighted by molar-refractivity contribution is 7.53. The summed E-state index contributed by atoms with van der Waals surface area (Å²) in [5.74, 6) is 0. The number of hydrogen-bond donors (Lipinski definition) is 0. The molecular formula is C12H4S5. The van der Waals surface area contributed by atoms with Crippen LogP contribution in [0.15, 0.2) is 22.9 Å². The Kier molecular flexibility index (Phi) is 1.73. The molecule has 0 fully saturated rings. The smallest absolute Gasteiger partial charge is 0.0908 e. The van der Waals surface area contributed by atoms with Crippen molar-refractivity contribution in [2.45, 2.75) is 0 Å². The van der Waals surface area contributed by atoms with Gasteiger partial charge >= 0.3 is 0 Å². The molecule has 0 atom stereocenters. The second-order valence-electron chi connectivity index (χ2n) is 3.86. The van der Waals surface area contributed by atoms with Crippen LogP contribution in [0.2, 0.25) is 0 Å². The third-order valence-corrected chi connectivity index (χ3v) is 8.76. The average molecular weight is 308 g/mol. The molecule has 5 aromatic heterocycles. The first-order valence-electron chi connectivity index (χ1n) is 5.10. The van der Waals surface area contributed by atoms with E-state index in [1.807, 2.05) is 56.7 Å². The Bertz CT molecular complexity index is 904. The summed E-state index contributed by atoms with van der Waals surface area (Å²) in [6, 6.07) is 4.50. The maximum Gasteiger partial charge on any atom is 0.0908 e. The van der Waals surface area contributed by atoms with Gasteiger partial charge in [0.25, 0.3) is 0 Å². The largest absolute Gasteiger partial charge is 0.142 e. The third kappa shape index (κ3) is 1.07. The van der Waals surface area contributed by atoms with Gasteiger partial charge in [0.15, 0.2) is 0 Å². The van der Waals surface area contributed by atoms with Crippen LogP contribution in [0.3, 0.4) is 0 Å².